The Morgan fingerprint density at radius 1 is 1.17 bits per heavy atom. The molecule has 18 heavy (non-hydrogen) atoms. The number of thiol groups is 1. The molecule has 0 aliphatic heterocycles. The van der Waals surface area contributed by atoms with Crippen LogP contribution in [0.25, 0.3) is 0 Å². The van der Waals surface area contributed by atoms with Gasteiger partial charge in [0.05, 0.1) is 0 Å². The minimum atomic E-state index is -4.12. The molecular weight excluding hydrogens is 263 g/mol. The summed E-state index contributed by atoms with van der Waals surface area (Å²) in [6.07, 6.45) is -4.58. The van der Waals surface area contributed by atoms with Gasteiger partial charge in [0.2, 0.25) is 0 Å². The summed E-state index contributed by atoms with van der Waals surface area (Å²) in [4.78, 5) is 12.3. The van der Waals surface area contributed by atoms with Crippen LogP contribution >= 0.6 is 12.6 Å². The highest BCUT2D eigenvalue weighted by Crippen LogP contribution is 2.21. The summed E-state index contributed by atoms with van der Waals surface area (Å²) in [5, 5.41) is 2.57. The van der Waals surface area contributed by atoms with Gasteiger partial charge in [-0.3, -0.25) is 4.79 Å². The first-order valence-corrected chi connectivity index (χ1v) is 5.97. The van der Waals surface area contributed by atoms with Gasteiger partial charge in [0.15, 0.2) is 0 Å². The lowest BCUT2D eigenvalue weighted by Gasteiger charge is -2.07. The third-order valence-electron chi connectivity index (χ3n) is 2.30. The molecule has 100 valence electrons. The van der Waals surface area contributed by atoms with Crippen molar-refractivity contribution in [2.45, 2.75) is 30.3 Å². The Kier molecular flexibility index (Phi) is 5.53. The highest BCUT2D eigenvalue weighted by atomic mass is 32.1. The average Bonchev–Trinajstić information content (AvgIpc) is 2.27. The van der Waals surface area contributed by atoms with Crippen LogP contribution in [0, 0.1) is 0 Å². The van der Waals surface area contributed by atoms with Crippen LogP contribution in [0.3, 0.4) is 0 Å². The van der Waals surface area contributed by atoms with E-state index < -0.39 is 12.6 Å². The highest BCUT2D eigenvalue weighted by Gasteiger charge is 2.25. The van der Waals surface area contributed by atoms with E-state index in [0.717, 1.165) is 4.90 Å². The summed E-state index contributed by atoms with van der Waals surface area (Å²) < 4.78 is 35.5. The van der Waals surface area contributed by atoms with Crippen LogP contribution in [0.15, 0.2) is 29.2 Å². The van der Waals surface area contributed by atoms with E-state index in [-0.39, 0.29) is 18.9 Å². The van der Waals surface area contributed by atoms with Gasteiger partial charge in [0, 0.05) is 23.4 Å². The summed E-state index contributed by atoms with van der Waals surface area (Å²) in [5.74, 6) is -0.282. The first-order valence-electron chi connectivity index (χ1n) is 5.52. The molecule has 0 fully saturated rings. The molecule has 0 aliphatic rings. The molecular formula is C12H14F3NOS. The summed E-state index contributed by atoms with van der Waals surface area (Å²) in [6, 6.07) is 6.60. The van der Waals surface area contributed by atoms with E-state index in [4.69, 9.17) is 0 Å². The predicted molar refractivity (Wildman–Crippen MR) is 65.9 cm³/mol. The molecule has 0 radical (unpaired) electrons. The van der Waals surface area contributed by atoms with Crippen LogP contribution < -0.4 is 5.32 Å². The van der Waals surface area contributed by atoms with Crippen molar-refractivity contribution < 1.29 is 18.0 Å². The van der Waals surface area contributed by atoms with Gasteiger partial charge < -0.3 is 5.32 Å². The molecule has 0 aliphatic carbocycles. The van der Waals surface area contributed by atoms with E-state index in [1.54, 1.807) is 24.3 Å². The molecule has 0 atom stereocenters. The highest BCUT2D eigenvalue weighted by molar-refractivity contribution is 7.80. The molecule has 0 spiro atoms. The zero-order valence-corrected chi connectivity index (χ0v) is 10.5. The molecule has 1 amide bonds. The number of amides is 1. The van der Waals surface area contributed by atoms with Gasteiger partial charge in [-0.1, -0.05) is 0 Å². The third kappa shape index (κ3) is 5.95. The van der Waals surface area contributed by atoms with E-state index in [9.17, 15) is 18.0 Å². The Bertz CT molecular complexity index is 389. The standard InChI is InChI=1S/C12H14F3NOS/c13-12(14,15)7-1-2-8-16-11(17)9-3-5-10(18)6-4-9/h3-6,18H,1-2,7-8H2,(H,16,17). The lowest BCUT2D eigenvalue weighted by molar-refractivity contribution is -0.135. The van der Waals surface area contributed by atoms with E-state index in [0.29, 0.717) is 12.0 Å². The van der Waals surface area contributed by atoms with E-state index in [1.807, 2.05) is 0 Å². The summed E-state index contributed by atoms with van der Waals surface area (Å²) in [7, 11) is 0. The molecule has 0 aromatic heterocycles. The smallest absolute Gasteiger partial charge is 0.352 e. The fourth-order valence-corrected chi connectivity index (χ4v) is 1.52. The van der Waals surface area contributed by atoms with Gasteiger partial charge >= 0.3 is 6.18 Å². The molecule has 1 N–H and O–H groups in total. The lowest BCUT2D eigenvalue weighted by atomic mass is 10.2. The second-order valence-electron chi connectivity index (χ2n) is 3.88. The molecule has 1 aromatic carbocycles. The lowest BCUT2D eigenvalue weighted by Crippen LogP contribution is -2.24. The van der Waals surface area contributed by atoms with E-state index in [2.05, 4.69) is 17.9 Å². The Labute approximate surface area is 109 Å². The van der Waals surface area contributed by atoms with Crippen molar-refractivity contribution in [1.82, 2.24) is 5.32 Å². The molecule has 1 aromatic rings. The summed E-state index contributed by atoms with van der Waals surface area (Å²) >= 11 is 4.09. The predicted octanol–water partition coefficient (Wildman–Crippen LogP) is 3.44. The van der Waals surface area contributed by atoms with Crippen LogP contribution in [-0.4, -0.2) is 18.6 Å². The van der Waals surface area contributed by atoms with Crippen LogP contribution in [0.5, 0.6) is 0 Å². The van der Waals surface area contributed by atoms with E-state index in [1.165, 1.54) is 0 Å². The number of carbonyl (C=O) groups excluding carboxylic acids is 1. The Morgan fingerprint density at radius 2 is 1.78 bits per heavy atom. The number of nitrogens with one attached hydrogen (secondary N) is 1. The first-order chi connectivity index (χ1) is 8.38. The fourth-order valence-electron chi connectivity index (χ4n) is 1.37. The summed E-state index contributed by atoms with van der Waals surface area (Å²) in [5.41, 5.74) is 0.476. The zero-order chi connectivity index (χ0) is 13.6. The van der Waals surface area contributed by atoms with Gasteiger partial charge in [-0.05, 0) is 37.1 Å². The number of carbonyl (C=O) groups is 1. The minimum absolute atomic E-state index is 0.0271. The van der Waals surface area contributed by atoms with E-state index >= 15 is 0 Å². The van der Waals surface area contributed by atoms with Crippen molar-refractivity contribution in [1.29, 1.82) is 0 Å². The van der Waals surface area contributed by atoms with Crippen molar-refractivity contribution in [3.8, 4) is 0 Å². The van der Waals surface area contributed by atoms with Crippen molar-refractivity contribution in [2.24, 2.45) is 0 Å². The maximum absolute atomic E-state index is 11.8. The van der Waals surface area contributed by atoms with Crippen LogP contribution in [0.1, 0.15) is 29.6 Å². The number of hydrogen-bond donors (Lipinski definition) is 2. The third-order valence-corrected chi connectivity index (χ3v) is 2.60. The SMILES string of the molecule is O=C(NCCCCC(F)(F)F)c1ccc(S)cc1. The van der Waals surface area contributed by atoms with Gasteiger partial charge in [-0.15, -0.1) is 12.6 Å². The second-order valence-corrected chi connectivity index (χ2v) is 4.39. The van der Waals surface area contributed by atoms with Crippen LogP contribution in [0.2, 0.25) is 0 Å². The minimum Gasteiger partial charge on any atom is -0.352 e. The molecule has 0 bridgehead atoms. The van der Waals surface area contributed by atoms with Crippen molar-refractivity contribution in [3.05, 3.63) is 29.8 Å². The monoisotopic (exact) mass is 277 g/mol. The maximum atomic E-state index is 11.8. The summed E-state index contributed by atoms with van der Waals surface area (Å²) in [6.45, 7) is 0.248. The molecule has 1 rings (SSSR count). The fraction of sp³-hybridized carbons (Fsp3) is 0.417. The average molecular weight is 277 g/mol. The Hall–Kier alpha value is -1.17. The number of benzene rings is 1. The van der Waals surface area contributed by atoms with Gasteiger partial charge in [-0.2, -0.15) is 13.2 Å². The topological polar surface area (TPSA) is 29.1 Å². The molecule has 0 unspecified atom stereocenters. The largest absolute Gasteiger partial charge is 0.389 e. The zero-order valence-electron chi connectivity index (χ0n) is 9.63. The molecule has 0 heterocycles. The normalized spacial score (nSPS) is 11.3. The van der Waals surface area contributed by atoms with Crippen molar-refractivity contribution in [2.75, 3.05) is 6.54 Å². The number of alkyl halides is 3. The number of rotatable bonds is 5. The van der Waals surface area contributed by atoms with Gasteiger partial charge in [-0.25, -0.2) is 0 Å². The first kappa shape index (κ1) is 14.9. The molecule has 0 saturated heterocycles. The number of unbranched alkanes of at least 4 members (excludes halogenated alkanes) is 1. The molecule has 6 heteroatoms. The quantitative estimate of drug-likeness (QED) is 0.626. The molecule has 2 nitrogen and oxygen atoms in total. The number of hydrogen-bond acceptors (Lipinski definition) is 2. The van der Waals surface area contributed by atoms with Crippen molar-refractivity contribution in [3.63, 3.8) is 0 Å². The van der Waals surface area contributed by atoms with Crippen LogP contribution in [-0.2, 0) is 0 Å². The van der Waals surface area contributed by atoms with Crippen molar-refractivity contribution >= 4 is 18.5 Å². The van der Waals surface area contributed by atoms with Gasteiger partial charge in [0.25, 0.3) is 5.91 Å². The Balaban J connectivity index is 2.24. The Morgan fingerprint density at radius 3 is 2.33 bits per heavy atom. The van der Waals surface area contributed by atoms with Gasteiger partial charge in [0.1, 0.15) is 0 Å². The molecule has 0 saturated carbocycles. The van der Waals surface area contributed by atoms with Crippen LogP contribution in [0.4, 0.5) is 13.2 Å². The second kappa shape index (κ2) is 6.68. The maximum Gasteiger partial charge on any atom is 0.389 e. The number of halogens is 3.